The summed E-state index contributed by atoms with van der Waals surface area (Å²) in [7, 11) is 0. The van der Waals surface area contributed by atoms with E-state index in [1.54, 1.807) is 22.8 Å². The number of carbonyl (C=O) groups excluding carboxylic acids is 2. The molecule has 2 aliphatic heterocycles. The molecule has 2 aromatic carbocycles. The minimum Gasteiger partial charge on any atom is -0.450 e. The second-order valence-electron chi connectivity index (χ2n) is 9.93. The van der Waals surface area contributed by atoms with Crippen molar-refractivity contribution in [1.82, 2.24) is 24.7 Å². The molecule has 3 heterocycles. The molecule has 0 atom stereocenters. The lowest BCUT2D eigenvalue weighted by molar-refractivity contribution is -0.129. The van der Waals surface area contributed by atoms with E-state index in [-0.39, 0.29) is 23.8 Å². The molecule has 0 bridgehead atoms. The normalized spacial score (nSPS) is 16.2. The molecule has 0 radical (unpaired) electrons. The van der Waals surface area contributed by atoms with Crippen LogP contribution >= 0.6 is 23.4 Å². The van der Waals surface area contributed by atoms with Crippen molar-refractivity contribution in [2.24, 2.45) is 0 Å². The van der Waals surface area contributed by atoms with E-state index in [0.29, 0.717) is 43.1 Å². The number of amides is 2. The molecular formula is C30H35ClN6O3S. The third-order valence-corrected chi connectivity index (χ3v) is 8.40. The average molecular weight is 595 g/mol. The molecule has 1 aromatic heterocycles. The maximum Gasteiger partial charge on any atom is 0.409 e. The number of halogens is 1. The first-order valence-electron chi connectivity index (χ1n) is 14.0. The summed E-state index contributed by atoms with van der Waals surface area (Å²) in [5.74, 6) is 0.978. The van der Waals surface area contributed by atoms with Crippen LogP contribution in [0.2, 0.25) is 5.15 Å². The lowest BCUT2D eigenvalue weighted by Crippen LogP contribution is -2.51. The van der Waals surface area contributed by atoms with Crippen LogP contribution < -0.4 is 4.90 Å². The molecule has 0 N–H and O–H groups in total. The summed E-state index contributed by atoms with van der Waals surface area (Å²) < 4.78 is 5.06. The lowest BCUT2D eigenvalue weighted by atomic mass is 9.96. The van der Waals surface area contributed by atoms with Gasteiger partial charge in [-0.2, -0.15) is 0 Å². The Morgan fingerprint density at radius 1 is 0.854 bits per heavy atom. The zero-order chi connectivity index (χ0) is 28.6. The fourth-order valence-corrected chi connectivity index (χ4v) is 6.26. The summed E-state index contributed by atoms with van der Waals surface area (Å²) in [6.45, 7) is 7.37. The van der Waals surface area contributed by atoms with Gasteiger partial charge in [-0.05, 0) is 18.1 Å². The average Bonchev–Trinajstić information content (AvgIpc) is 3.01. The van der Waals surface area contributed by atoms with Crippen molar-refractivity contribution in [2.75, 3.05) is 69.6 Å². The number of aromatic nitrogens is 2. The first kappa shape index (κ1) is 29.2. The summed E-state index contributed by atoms with van der Waals surface area (Å²) in [5.41, 5.74) is 2.56. The number of ether oxygens (including phenoxy) is 1. The Labute approximate surface area is 250 Å². The Kier molecular flexibility index (Phi) is 9.97. The molecule has 41 heavy (non-hydrogen) atoms. The second kappa shape index (κ2) is 14.0. The van der Waals surface area contributed by atoms with Crippen molar-refractivity contribution < 1.29 is 14.3 Å². The second-order valence-corrected chi connectivity index (χ2v) is 11.3. The van der Waals surface area contributed by atoms with Gasteiger partial charge in [0.25, 0.3) is 0 Å². The first-order valence-corrected chi connectivity index (χ1v) is 15.3. The SMILES string of the molecule is CCOC(=O)N1CCN(C(=O)CSc2nc(Cl)cc(N3CCN(C(c4ccccc4)c4ccccc4)CC3)n2)CC1. The monoisotopic (exact) mass is 594 g/mol. The van der Waals surface area contributed by atoms with Gasteiger partial charge < -0.3 is 19.4 Å². The van der Waals surface area contributed by atoms with Crippen LogP contribution in [-0.2, 0) is 9.53 Å². The largest absolute Gasteiger partial charge is 0.450 e. The first-order chi connectivity index (χ1) is 20.0. The van der Waals surface area contributed by atoms with Crippen molar-refractivity contribution in [3.05, 3.63) is 83.0 Å². The third-order valence-electron chi connectivity index (χ3n) is 7.38. The summed E-state index contributed by atoms with van der Waals surface area (Å²) in [6.07, 6.45) is -0.328. The van der Waals surface area contributed by atoms with Gasteiger partial charge in [-0.1, -0.05) is 84.0 Å². The van der Waals surface area contributed by atoms with Crippen LogP contribution in [0.5, 0.6) is 0 Å². The molecule has 2 saturated heterocycles. The highest BCUT2D eigenvalue weighted by atomic mass is 35.5. The van der Waals surface area contributed by atoms with Crippen LogP contribution in [0.25, 0.3) is 0 Å². The molecule has 3 aromatic rings. The van der Waals surface area contributed by atoms with E-state index >= 15 is 0 Å². The fourth-order valence-electron chi connectivity index (χ4n) is 5.28. The Balaban J connectivity index is 1.18. The van der Waals surface area contributed by atoms with Crippen molar-refractivity contribution in [2.45, 2.75) is 18.1 Å². The standard InChI is InChI=1S/C30H35ClN6O3S/c1-2-40-30(39)37-19-15-35(16-20-37)27(38)22-41-29-32-25(31)21-26(33-29)34-13-17-36(18-14-34)28(23-9-5-3-6-10-23)24-11-7-4-8-12-24/h3-12,21,28H,2,13-20,22H2,1H3. The molecule has 11 heteroatoms. The highest BCUT2D eigenvalue weighted by Gasteiger charge is 2.28. The van der Waals surface area contributed by atoms with Crippen molar-refractivity contribution >= 4 is 41.2 Å². The molecular weight excluding hydrogens is 560 g/mol. The van der Waals surface area contributed by atoms with Gasteiger partial charge in [-0.25, -0.2) is 14.8 Å². The van der Waals surface area contributed by atoms with Crippen LogP contribution in [0.15, 0.2) is 71.9 Å². The van der Waals surface area contributed by atoms with Crippen LogP contribution in [0.4, 0.5) is 10.6 Å². The molecule has 5 rings (SSSR count). The van der Waals surface area contributed by atoms with Crippen LogP contribution in [0.3, 0.4) is 0 Å². The minimum atomic E-state index is -0.328. The van der Waals surface area contributed by atoms with E-state index in [1.165, 1.54) is 22.9 Å². The zero-order valence-corrected chi connectivity index (χ0v) is 24.8. The number of carbonyl (C=O) groups is 2. The van der Waals surface area contributed by atoms with Crippen LogP contribution in [0, 0.1) is 0 Å². The number of anilines is 1. The summed E-state index contributed by atoms with van der Waals surface area (Å²) in [4.78, 5) is 42.0. The van der Waals surface area contributed by atoms with E-state index in [4.69, 9.17) is 21.3 Å². The topological polar surface area (TPSA) is 82.1 Å². The van der Waals surface area contributed by atoms with Gasteiger partial charge in [0.05, 0.1) is 18.4 Å². The number of benzene rings is 2. The Bertz CT molecular complexity index is 1260. The number of nitrogens with zero attached hydrogens (tertiary/aromatic N) is 6. The summed E-state index contributed by atoms with van der Waals surface area (Å²) in [5, 5.41) is 0.849. The van der Waals surface area contributed by atoms with E-state index < -0.39 is 0 Å². The maximum absolute atomic E-state index is 12.8. The lowest BCUT2D eigenvalue weighted by Gasteiger charge is -2.40. The van der Waals surface area contributed by atoms with Gasteiger partial charge in [-0.3, -0.25) is 9.69 Å². The van der Waals surface area contributed by atoms with E-state index in [9.17, 15) is 9.59 Å². The Morgan fingerprint density at radius 3 is 2.02 bits per heavy atom. The highest BCUT2D eigenvalue weighted by molar-refractivity contribution is 7.99. The van der Waals surface area contributed by atoms with Crippen LogP contribution in [0.1, 0.15) is 24.1 Å². The molecule has 0 aliphatic carbocycles. The molecule has 0 saturated carbocycles. The number of hydrogen-bond acceptors (Lipinski definition) is 8. The third kappa shape index (κ3) is 7.49. The molecule has 0 unspecified atom stereocenters. The van der Waals surface area contributed by atoms with Gasteiger partial charge in [-0.15, -0.1) is 0 Å². The van der Waals surface area contributed by atoms with Gasteiger partial charge >= 0.3 is 6.09 Å². The molecule has 9 nitrogen and oxygen atoms in total. The number of hydrogen-bond donors (Lipinski definition) is 0. The summed E-state index contributed by atoms with van der Waals surface area (Å²) >= 11 is 7.69. The van der Waals surface area contributed by atoms with Crippen molar-refractivity contribution in [3.8, 4) is 0 Å². The Morgan fingerprint density at radius 2 is 1.44 bits per heavy atom. The highest BCUT2D eigenvalue weighted by Crippen LogP contribution is 2.31. The summed E-state index contributed by atoms with van der Waals surface area (Å²) in [6, 6.07) is 23.2. The van der Waals surface area contributed by atoms with Crippen LogP contribution in [-0.4, -0.2) is 101 Å². The molecule has 2 amide bonds. The molecule has 2 aliphatic rings. The van der Waals surface area contributed by atoms with Gasteiger partial charge in [0.2, 0.25) is 5.91 Å². The van der Waals surface area contributed by atoms with Crippen molar-refractivity contribution in [3.63, 3.8) is 0 Å². The van der Waals surface area contributed by atoms with E-state index in [2.05, 4.69) is 75.4 Å². The van der Waals surface area contributed by atoms with Gasteiger partial charge in [0.15, 0.2) is 5.16 Å². The van der Waals surface area contributed by atoms with E-state index in [1.807, 2.05) is 0 Å². The predicted octanol–water partition coefficient (Wildman–Crippen LogP) is 4.43. The minimum absolute atomic E-state index is 0.00915. The number of thioether (sulfide) groups is 1. The fraction of sp³-hybridized carbons (Fsp3) is 0.400. The zero-order valence-electron chi connectivity index (χ0n) is 23.2. The van der Waals surface area contributed by atoms with Gasteiger partial charge in [0.1, 0.15) is 11.0 Å². The predicted molar refractivity (Wildman–Crippen MR) is 161 cm³/mol. The smallest absolute Gasteiger partial charge is 0.409 e. The van der Waals surface area contributed by atoms with E-state index in [0.717, 1.165) is 32.0 Å². The Hall–Kier alpha value is -3.34. The van der Waals surface area contributed by atoms with Gasteiger partial charge in [0, 0.05) is 58.4 Å². The molecule has 0 spiro atoms. The maximum atomic E-state index is 12.8. The number of piperazine rings is 2. The number of rotatable bonds is 8. The molecule has 2 fully saturated rings. The quantitative estimate of drug-likeness (QED) is 0.215. The molecule has 216 valence electrons. The van der Waals surface area contributed by atoms with Crippen molar-refractivity contribution in [1.29, 1.82) is 0 Å².